The lowest BCUT2D eigenvalue weighted by Crippen LogP contribution is -2.45. The first kappa shape index (κ1) is 13.4. The molecular formula is C17H23NO3. The van der Waals surface area contributed by atoms with Crippen molar-refractivity contribution in [3.05, 3.63) is 23.8 Å². The van der Waals surface area contributed by atoms with Crippen LogP contribution < -0.4 is 14.8 Å². The number of nitrogens with one attached hydrogen (secondary N) is 1. The van der Waals surface area contributed by atoms with Crippen LogP contribution in [0, 0.1) is 0 Å². The third kappa shape index (κ3) is 2.74. The fraction of sp³-hybridized carbons (Fsp3) is 0.647. The Balaban J connectivity index is 1.36. The van der Waals surface area contributed by atoms with Crippen LogP contribution in [0.25, 0.3) is 0 Å². The van der Waals surface area contributed by atoms with E-state index in [4.69, 9.17) is 14.2 Å². The summed E-state index contributed by atoms with van der Waals surface area (Å²) in [6.07, 6.45) is 7.43. The van der Waals surface area contributed by atoms with Gasteiger partial charge in [0, 0.05) is 19.2 Å². The van der Waals surface area contributed by atoms with Crippen LogP contribution in [0.15, 0.2) is 18.2 Å². The molecular weight excluding hydrogens is 266 g/mol. The van der Waals surface area contributed by atoms with Crippen LogP contribution in [-0.2, 0) is 11.3 Å². The zero-order valence-electron chi connectivity index (χ0n) is 12.4. The Labute approximate surface area is 125 Å². The van der Waals surface area contributed by atoms with Crippen molar-refractivity contribution in [2.75, 3.05) is 13.4 Å². The van der Waals surface area contributed by atoms with Gasteiger partial charge in [-0.05, 0) is 43.4 Å². The van der Waals surface area contributed by atoms with E-state index in [-0.39, 0.29) is 5.60 Å². The minimum atomic E-state index is 0.185. The molecule has 0 amide bonds. The highest BCUT2D eigenvalue weighted by molar-refractivity contribution is 5.44. The van der Waals surface area contributed by atoms with Crippen LogP contribution in [0.2, 0.25) is 0 Å². The van der Waals surface area contributed by atoms with E-state index < -0.39 is 0 Å². The molecule has 1 aromatic carbocycles. The Morgan fingerprint density at radius 3 is 2.90 bits per heavy atom. The summed E-state index contributed by atoms with van der Waals surface area (Å²) in [5.74, 6) is 1.73. The van der Waals surface area contributed by atoms with Gasteiger partial charge in [0.2, 0.25) is 6.79 Å². The van der Waals surface area contributed by atoms with Crippen molar-refractivity contribution in [2.24, 2.45) is 0 Å². The van der Waals surface area contributed by atoms with Gasteiger partial charge in [-0.1, -0.05) is 18.9 Å². The van der Waals surface area contributed by atoms with Crippen molar-refractivity contribution in [1.82, 2.24) is 5.32 Å². The zero-order chi connectivity index (χ0) is 14.1. The molecule has 2 heterocycles. The van der Waals surface area contributed by atoms with Gasteiger partial charge in [0.05, 0.1) is 5.60 Å². The normalized spacial score (nSPS) is 26.4. The maximum absolute atomic E-state index is 6.09. The minimum absolute atomic E-state index is 0.185. The number of ether oxygens (including phenoxy) is 3. The van der Waals surface area contributed by atoms with Crippen LogP contribution in [0.4, 0.5) is 0 Å². The molecule has 1 aliphatic carbocycles. The van der Waals surface area contributed by atoms with Crippen molar-refractivity contribution < 1.29 is 14.2 Å². The Hall–Kier alpha value is -1.26. The van der Waals surface area contributed by atoms with Crippen molar-refractivity contribution in [3.63, 3.8) is 0 Å². The van der Waals surface area contributed by atoms with Crippen LogP contribution in [0.5, 0.6) is 11.5 Å². The summed E-state index contributed by atoms with van der Waals surface area (Å²) in [5.41, 5.74) is 1.44. The molecule has 1 aromatic rings. The molecule has 1 unspecified atom stereocenters. The Morgan fingerprint density at radius 2 is 2.00 bits per heavy atom. The molecule has 0 radical (unpaired) electrons. The summed E-state index contributed by atoms with van der Waals surface area (Å²) in [4.78, 5) is 0. The highest BCUT2D eigenvalue weighted by Crippen LogP contribution is 2.40. The second kappa shape index (κ2) is 5.50. The molecule has 4 nitrogen and oxygen atoms in total. The van der Waals surface area contributed by atoms with Gasteiger partial charge in [0.1, 0.15) is 0 Å². The van der Waals surface area contributed by atoms with Crippen LogP contribution in [-0.4, -0.2) is 25.0 Å². The van der Waals surface area contributed by atoms with Gasteiger partial charge in [-0.25, -0.2) is 0 Å². The number of hydrogen-bond donors (Lipinski definition) is 1. The van der Waals surface area contributed by atoms with Crippen molar-refractivity contribution in [2.45, 2.75) is 56.7 Å². The van der Waals surface area contributed by atoms with Crippen LogP contribution >= 0.6 is 0 Å². The average Bonchev–Trinajstić information content (AvgIpc) is 3.14. The van der Waals surface area contributed by atoms with E-state index in [2.05, 4.69) is 17.4 Å². The lowest BCUT2D eigenvalue weighted by molar-refractivity contribution is -0.0837. The van der Waals surface area contributed by atoms with E-state index in [1.54, 1.807) is 0 Å². The van der Waals surface area contributed by atoms with Crippen LogP contribution in [0.1, 0.15) is 44.1 Å². The van der Waals surface area contributed by atoms with Crippen molar-refractivity contribution >= 4 is 0 Å². The zero-order valence-corrected chi connectivity index (χ0v) is 12.4. The molecule has 114 valence electrons. The third-order valence-electron chi connectivity index (χ3n) is 5.04. The first-order chi connectivity index (χ1) is 10.3. The molecule has 21 heavy (non-hydrogen) atoms. The molecule has 0 aromatic heterocycles. The number of fused-ring (bicyclic) bond motifs is 1. The van der Waals surface area contributed by atoms with Gasteiger partial charge in [-0.3, -0.25) is 0 Å². The predicted octanol–water partition coefficient (Wildman–Crippen LogP) is 3.00. The average molecular weight is 289 g/mol. The summed E-state index contributed by atoms with van der Waals surface area (Å²) >= 11 is 0. The van der Waals surface area contributed by atoms with E-state index in [0.29, 0.717) is 12.8 Å². The van der Waals surface area contributed by atoms with Crippen LogP contribution in [0.3, 0.4) is 0 Å². The topological polar surface area (TPSA) is 39.7 Å². The van der Waals surface area contributed by atoms with E-state index in [0.717, 1.165) is 37.5 Å². The molecule has 0 bridgehead atoms. The Kier molecular flexibility index (Phi) is 3.51. The molecule has 1 atom stereocenters. The molecule has 4 heteroatoms. The maximum atomic E-state index is 6.09. The second-order valence-electron chi connectivity index (χ2n) is 6.50. The first-order valence-corrected chi connectivity index (χ1v) is 8.09. The van der Waals surface area contributed by atoms with Gasteiger partial charge in [-0.15, -0.1) is 0 Å². The first-order valence-electron chi connectivity index (χ1n) is 8.09. The number of benzene rings is 1. The largest absolute Gasteiger partial charge is 0.454 e. The molecule has 1 N–H and O–H groups in total. The van der Waals surface area contributed by atoms with Gasteiger partial charge >= 0.3 is 0 Å². The monoisotopic (exact) mass is 289 g/mol. The molecule has 2 aliphatic heterocycles. The Morgan fingerprint density at radius 1 is 1.14 bits per heavy atom. The Bertz CT molecular complexity index is 511. The molecule has 1 spiro atoms. The standard InChI is InChI=1S/C17H23NO3/c1-2-7-17(6-1)10-14(5-8-21-17)18-11-13-3-4-15-16(9-13)20-12-19-15/h3-4,9,14,18H,1-2,5-8,10-12H2. The fourth-order valence-electron chi connectivity index (χ4n) is 3.88. The number of rotatable bonds is 3. The van der Waals surface area contributed by atoms with Gasteiger partial charge in [-0.2, -0.15) is 0 Å². The quantitative estimate of drug-likeness (QED) is 0.928. The second-order valence-corrected chi connectivity index (χ2v) is 6.50. The highest BCUT2D eigenvalue weighted by Gasteiger charge is 2.39. The lowest BCUT2D eigenvalue weighted by atomic mass is 9.89. The van der Waals surface area contributed by atoms with Crippen molar-refractivity contribution in [3.8, 4) is 11.5 Å². The summed E-state index contributed by atoms with van der Waals surface area (Å²) in [6, 6.07) is 6.77. The molecule has 3 aliphatic rings. The SMILES string of the molecule is c1cc2c(cc1CNC1CCOC3(CCCC3)C1)OCO2. The van der Waals surface area contributed by atoms with E-state index in [1.165, 1.54) is 31.2 Å². The molecule has 1 saturated carbocycles. The van der Waals surface area contributed by atoms with Gasteiger partial charge in [0.15, 0.2) is 11.5 Å². The summed E-state index contributed by atoms with van der Waals surface area (Å²) in [6.45, 7) is 2.13. The summed E-state index contributed by atoms with van der Waals surface area (Å²) in [7, 11) is 0. The third-order valence-corrected chi connectivity index (χ3v) is 5.04. The summed E-state index contributed by atoms with van der Waals surface area (Å²) < 4.78 is 16.9. The van der Waals surface area contributed by atoms with E-state index >= 15 is 0 Å². The minimum Gasteiger partial charge on any atom is -0.454 e. The number of hydrogen-bond acceptors (Lipinski definition) is 4. The molecule has 1 saturated heterocycles. The van der Waals surface area contributed by atoms with Gasteiger partial charge < -0.3 is 19.5 Å². The van der Waals surface area contributed by atoms with E-state index in [1.807, 2.05) is 6.07 Å². The predicted molar refractivity (Wildman–Crippen MR) is 79.6 cm³/mol. The highest BCUT2D eigenvalue weighted by atomic mass is 16.7. The lowest BCUT2D eigenvalue weighted by Gasteiger charge is -2.38. The van der Waals surface area contributed by atoms with E-state index in [9.17, 15) is 0 Å². The maximum Gasteiger partial charge on any atom is 0.231 e. The smallest absolute Gasteiger partial charge is 0.231 e. The molecule has 4 rings (SSSR count). The van der Waals surface area contributed by atoms with Gasteiger partial charge in [0.25, 0.3) is 0 Å². The van der Waals surface area contributed by atoms with Crippen molar-refractivity contribution in [1.29, 1.82) is 0 Å². The fourth-order valence-corrected chi connectivity index (χ4v) is 3.88. The molecule has 2 fully saturated rings. The summed E-state index contributed by atoms with van der Waals surface area (Å²) in [5, 5.41) is 3.70.